The van der Waals surface area contributed by atoms with Crippen molar-refractivity contribution in [3.05, 3.63) is 266 Å². The molecule has 0 saturated carbocycles. The van der Waals surface area contributed by atoms with Gasteiger partial charge < -0.3 is 9.47 Å². The zero-order valence-electron chi connectivity index (χ0n) is 38.6. The van der Waals surface area contributed by atoms with Crippen molar-refractivity contribution in [1.29, 1.82) is 0 Å². The second-order valence-corrected chi connectivity index (χ2v) is 19.0. The van der Waals surface area contributed by atoms with Crippen molar-refractivity contribution in [2.24, 2.45) is 0 Å². The van der Waals surface area contributed by atoms with Crippen LogP contribution in [0.5, 0.6) is 0 Å². The molecule has 1 aliphatic rings. The normalized spacial score (nSPS) is 12.6. The lowest BCUT2D eigenvalue weighted by molar-refractivity contribution is 0.660. The average Bonchev–Trinajstić information content (AvgIpc) is 3.87. The van der Waals surface area contributed by atoms with Crippen LogP contribution in [-0.2, 0) is 5.41 Å². The Bertz CT molecular complexity index is 3890. The van der Waals surface area contributed by atoms with Gasteiger partial charge in [0, 0.05) is 38.9 Å². The molecule has 11 aromatic carbocycles. The van der Waals surface area contributed by atoms with Crippen molar-refractivity contribution in [1.82, 2.24) is 4.57 Å². The molecule has 0 saturated heterocycles. The van der Waals surface area contributed by atoms with Gasteiger partial charge in [-0.2, -0.15) is 0 Å². The number of anilines is 3. The molecule has 0 bridgehead atoms. The molecule has 0 atom stereocenters. The molecule has 0 radical (unpaired) electrons. The molecule has 13 rings (SSSR count). The predicted octanol–water partition coefficient (Wildman–Crippen LogP) is 18.4. The predicted molar refractivity (Wildman–Crippen MR) is 292 cm³/mol. The standard InChI is InChI=1S/C67H48N2/c1-67(2)63-21-10-8-19-59(63)60-39-31-54(44-64(60)67)48-29-37-58(38-30-48)68(56-33-25-46(26-34-56)50-15-12-16-51(41-50)52-24-23-45-13-6-7-14-49(45)42-52)57-35-27-47(28-36-57)53-32-40-66-62(43-53)61-20-9-11-22-65(61)69(66)55-17-4-3-5-18-55/h3-44H,1-2H3. The van der Waals surface area contributed by atoms with Crippen molar-refractivity contribution < 1.29 is 0 Å². The average molecular weight is 881 g/mol. The summed E-state index contributed by atoms with van der Waals surface area (Å²) in [5.41, 5.74) is 21.9. The Morgan fingerprint density at radius 1 is 0.304 bits per heavy atom. The largest absolute Gasteiger partial charge is 0.311 e. The van der Waals surface area contributed by atoms with Gasteiger partial charge in [-0.25, -0.2) is 0 Å². The fourth-order valence-electron chi connectivity index (χ4n) is 11.0. The molecule has 0 spiro atoms. The topological polar surface area (TPSA) is 8.17 Å². The minimum absolute atomic E-state index is 0.0540. The highest BCUT2D eigenvalue weighted by Gasteiger charge is 2.35. The van der Waals surface area contributed by atoms with Gasteiger partial charge in [-0.1, -0.05) is 184 Å². The molecule has 0 amide bonds. The van der Waals surface area contributed by atoms with Crippen LogP contribution >= 0.6 is 0 Å². The lowest BCUT2D eigenvalue weighted by atomic mass is 9.81. The fourth-order valence-corrected chi connectivity index (χ4v) is 11.0. The molecule has 2 nitrogen and oxygen atoms in total. The molecule has 69 heavy (non-hydrogen) atoms. The van der Waals surface area contributed by atoms with E-state index in [1.165, 1.54) is 105 Å². The number of rotatable bonds is 8. The molecule has 1 aliphatic carbocycles. The first-order chi connectivity index (χ1) is 33.9. The number of aromatic nitrogens is 1. The maximum Gasteiger partial charge on any atom is 0.0541 e. The van der Waals surface area contributed by atoms with Gasteiger partial charge in [0.15, 0.2) is 0 Å². The molecule has 0 N–H and O–H groups in total. The highest BCUT2D eigenvalue weighted by Crippen LogP contribution is 2.50. The van der Waals surface area contributed by atoms with Crippen LogP contribution in [0.4, 0.5) is 17.1 Å². The van der Waals surface area contributed by atoms with Crippen LogP contribution in [0.25, 0.3) is 93.9 Å². The number of para-hydroxylation sites is 2. The number of fused-ring (bicyclic) bond motifs is 7. The molecule has 0 aliphatic heterocycles. The smallest absolute Gasteiger partial charge is 0.0541 e. The lowest BCUT2D eigenvalue weighted by Crippen LogP contribution is -2.14. The molecule has 2 heteroatoms. The highest BCUT2D eigenvalue weighted by atomic mass is 15.1. The van der Waals surface area contributed by atoms with Crippen LogP contribution in [-0.4, -0.2) is 4.57 Å². The van der Waals surface area contributed by atoms with E-state index in [0.29, 0.717) is 0 Å². The summed E-state index contributed by atoms with van der Waals surface area (Å²) in [7, 11) is 0. The van der Waals surface area contributed by atoms with Crippen molar-refractivity contribution in [2.45, 2.75) is 19.3 Å². The Morgan fingerprint density at radius 2 is 0.797 bits per heavy atom. The van der Waals surface area contributed by atoms with Crippen LogP contribution in [0.2, 0.25) is 0 Å². The van der Waals surface area contributed by atoms with Gasteiger partial charge in [-0.15, -0.1) is 0 Å². The number of hydrogen-bond acceptors (Lipinski definition) is 1. The molecule has 1 heterocycles. The maximum absolute atomic E-state index is 2.41. The Balaban J connectivity index is 0.861. The van der Waals surface area contributed by atoms with Crippen molar-refractivity contribution >= 4 is 49.6 Å². The Morgan fingerprint density at radius 3 is 1.51 bits per heavy atom. The third-order valence-corrected chi connectivity index (χ3v) is 14.6. The Labute approximate surface area is 403 Å². The van der Waals surface area contributed by atoms with E-state index in [1.807, 2.05) is 0 Å². The van der Waals surface area contributed by atoms with Crippen LogP contribution in [0.15, 0.2) is 255 Å². The lowest BCUT2D eigenvalue weighted by Gasteiger charge is -2.26. The van der Waals surface area contributed by atoms with Crippen LogP contribution in [0.1, 0.15) is 25.0 Å². The first-order valence-corrected chi connectivity index (χ1v) is 24.0. The van der Waals surface area contributed by atoms with E-state index in [0.717, 1.165) is 17.1 Å². The second kappa shape index (κ2) is 16.3. The van der Waals surface area contributed by atoms with Crippen molar-refractivity contribution in [3.63, 3.8) is 0 Å². The monoisotopic (exact) mass is 880 g/mol. The maximum atomic E-state index is 2.41. The van der Waals surface area contributed by atoms with E-state index < -0.39 is 0 Å². The molecule has 0 unspecified atom stereocenters. The molecule has 12 aromatic rings. The van der Waals surface area contributed by atoms with Gasteiger partial charge in [0.25, 0.3) is 0 Å². The number of hydrogen-bond donors (Lipinski definition) is 0. The van der Waals surface area contributed by atoms with Crippen LogP contribution < -0.4 is 4.90 Å². The van der Waals surface area contributed by atoms with Crippen LogP contribution in [0, 0.1) is 0 Å². The minimum atomic E-state index is -0.0540. The van der Waals surface area contributed by atoms with E-state index in [1.54, 1.807) is 0 Å². The molecular formula is C67H48N2. The van der Waals surface area contributed by atoms with E-state index in [9.17, 15) is 0 Å². The summed E-state index contributed by atoms with van der Waals surface area (Å²) < 4.78 is 2.37. The van der Waals surface area contributed by atoms with Gasteiger partial charge in [0.1, 0.15) is 0 Å². The van der Waals surface area contributed by atoms with E-state index in [2.05, 4.69) is 278 Å². The minimum Gasteiger partial charge on any atom is -0.311 e. The van der Waals surface area contributed by atoms with Gasteiger partial charge in [0.2, 0.25) is 0 Å². The molecule has 0 fully saturated rings. The summed E-state index contributed by atoms with van der Waals surface area (Å²) in [4.78, 5) is 2.38. The Kier molecular flexibility index (Phi) is 9.55. The zero-order chi connectivity index (χ0) is 46.1. The van der Waals surface area contributed by atoms with Gasteiger partial charge in [-0.3, -0.25) is 0 Å². The summed E-state index contributed by atoms with van der Waals surface area (Å²) in [6.07, 6.45) is 0. The Hall–Kier alpha value is -8.72. The van der Waals surface area contributed by atoms with Gasteiger partial charge in [0.05, 0.1) is 11.0 Å². The molecule has 1 aromatic heterocycles. The van der Waals surface area contributed by atoms with Crippen LogP contribution in [0.3, 0.4) is 0 Å². The zero-order valence-corrected chi connectivity index (χ0v) is 38.6. The molecule has 326 valence electrons. The number of nitrogens with zero attached hydrogens (tertiary/aromatic N) is 2. The third kappa shape index (κ3) is 6.95. The van der Waals surface area contributed by atoms with Crippen molar-refractivity contribution in [3.8, 4) is 61.3 Å². The van der Waals surface area contributed by atoms with E-state index in [4.69, 9.17) is 0 Å². The summed E-state index contributed by atoms with van der Waals surface area (Å²) >= 11 is 0. The third-order valence-electron chi connectivity index (χ3n) is 14.6. The quantitative estimate of drug-likeness (QED) is 0.148. The first kappa shape index (κ1) is 40.5. The summed E-state index contributed by atoms with van der Waals surface area (Å²) in [5.74, 6) is 0. The summed E-state index contributed by atoms with van der Waals surface area (Å²) in [6, 6.07) is 93.6. The van der Waals surface area contributed by atoms with Gasteiger partial charge in [-0.05, 0) is 162 Å². The summed E-state index contributed by atoms with van der Waals surface area (Å²) in [6.45, 7) is 4.70. The first-order valence-electron chi connectivity index (χ1n) is 24.0. The molecular weight excluding hydrogens is 833 g/mol. The number of benzene rings is 11. The summed E-state index contributed by atoms with van der Waals surface area (Å²) in [5, 5.41) is 5.01. The van der Waals surface area contributed by atoms with E-state index in [-0.39, 0.29) is 5.41 Å². The van der Waals surface area contributed by atoms with Gasteiger partial charge >= 0.3 is 0 Å². The second-order valence-electron chi connectivity index (χ2n) is 19.0. The SMILES string of the molecule is CC1(C)c2ccccc2-c2ccc(-c3ccc(N(c4ccc(-c5cccc(-c6ccc7ccccc7c6)c5)cc4)c4ccc(-c5ccc6c(c5)c5ccccc5n6-c5ccccc5)cc4)cc3)cc21. The van der Waals surface area contributed by atoms with E-state index >= 15 is 0 Å². The van der Waals surface area contributed by atoms with Crippen molar-refractivity contribution in [2.75, 3.05) is 4.90 Å². The fraction of sp³-hybridized carbons (Fsp3) is 0.0448. The highest BCUT2D eigenvalue weighted by molar-refractivity contribution is 6.10.